The number of hydrogen-bond acceptors (Lipinski definition) is 3. The first-order valence-corrected chi connectivity index (χ1v) is 7.64. The van der Waals surface area contributed by atoms with Gasteiger partial charge in [0.2, 0.25) is 0 Å². The highest BCUT2D eigenvalue weighted by Crippen LogP contribution is 2.40. The normalized spacial score (nSPS) is 28.3. The molecule has 2 fully saturated rings. The van der Waals surface area contributed by atoms with Crippen molar-refractivity contribution >= 4 is 16.8 Å². The van der Waals surface area contributed by atoms with Gasteiger partial charge in [-0.1, -0.05) is 18.2 Å². The minimum atomic E-state index is -0.0661. The Morgan fingerprint density at radius 1 is 1.43 bits per heavy atom. The largest absolute Gasteiger partial charge is 0.350 e. The zero-order chi connectivity index (χ0) is 14.4. The summed E-state index contributed by atoms with van der Waals surface area (Å²) in [4.78, 5) is 14.8. The molecule has 3 atom stereocenters. The number of nitrogens with zero attached hydrogens (tertiary/aromatic N) is 2. The van der Waals surface area contributed by atoms with Gasteiger partial charge in [-0.05, 0) is 37.8 Å². The lowest BCUT2D eigenvalue weighted by Gasteiger charge is -2.28. The Morgan fingerprint density at radius 2 is 2.29 bits per heavy atom. The zero-order valence-electron chi connectivity index (χ0n) is 12.2. The van der Waals surface area contributed by atoms with Crippen LogP contribution in [0.5, 0.6) is 0 Å². The van der Waals surface area contributed by atoms with Gasteiger partial charge in [-0.2, -0.15) is 5.10 Å². The predicted molar refractivity (Wildman–Crippen MR) is 81.1 cm³/mol. The van der Waals surface area contributed by atoms with Crippen LogP contribution in [0.2, 0.25) is 0 Å². The van der Waals surface area contributed by atoms with Crippen molar-refractivity contribution in [2.45, 2.75) is 18.9 Å². The number of rotatable bonds is 3. The van der Waals surface area contributed by atoms with Gasteiger partial charge < -0.3 is 10.2 Å². The number of nitrogens with one attached hydrogen (secondary N) is 2. The summed E-state index contributed by atoms with van der Waals surface area (Å²) in [7, 11) is 2.20. The van der Waals surface area contributed by atoms with Crippen LogP contribution in [-0.2, 0) is 0 Å². The number of aromatic amines is 1. The third-order valence-electron chi connectivity index (χ3n) is 5.17. The molecule has 1 saturated carbocycles. The molecule has 2 aromatic rings. The van der Waals surface area contributed by atoms with E-state index in [1.54, 1.807) is 0 Å². The number of H-pyrrole nitrogens is 1. The molecule has 1 aliphatic carbocycles. The highest BCUT2D eigenvalue weighted by atomic mass is 16.1. The number of likely N-dealkylation sites (tertiary alicyclic amines) is 1. The van der Waals surface area contributed by atoms with E-state index in [1.807, 2.05) is 24.3 Å². The summed E-state index contributed by atoms with van der Waals surface area (Å²) in [5, 5.41) is 11.0. The summed E-state index contributed by atoms with van der Waals surface area (Å²) in [6.07, 6.45) is 2.51. The van der Waals surface area contributed by atoms with Crippen molar-refractivity contribution in [2.75, 3.05) is 20.1 Å². The predicted octanol–water partition coefficient (Wildman–Crippen LogP) is 1.63. The van der Waals surface area contributed by atoms with Crippen molar-refractivity contribution in [3.63, 3.8) is 0 Å². The average Bonchev–Trinajstić information content (AvgIpc) is 3.17. The molecule has 3 unspecified atom stereocenters. The number of aromatic nitrogens is 2. The highest BCUT2D eigenvalue weighted by Gasteiger charge is 2.42. The van der Waals surface area contributed by atoms with Crippen LogP contribution in [0.25, 0.3) is 10.9 Å². The van der Waals surface area contributed by atoms with Gasteiger partial charge in [0.25, 0.3) is 5.91 Å². The minimum Gasteiger partial charge on any atom is -0.350 e. The number of hydrogen-bond donors (Lipinski definition) is 2. The van der Waals surface area contributed by atoms with Crippen molar-refractivity contribution in [3.8, 4) is 0 Å². The number of benzene rings is 1. The number of carbonyl (C=O) groups excluding carboxylic acids is 1. The van der Waals surface area contributed by atoms with Crippen LogP contribution in [0.1, 0.15) is 23.3 Å². The standard InChI is InChI=1S/C16H20N4O/c1-20-9-11-7-12(20)6-10(11)8-17-16(21)15-13-4-2-3-5-14(13)18-19-15/h2-5,10-12H,6-9H2,1H3,(H,17,21)(H,18,19). The van der Waals surface area contributed by atoms with E-state index in [4.69, 9.17) is 0 Å². The maximum Gasteiger partial charge on any atom is 0.272 e. The van der Waals surface area contributed by atoms with Crippen LogP contribution < -0.4 is 5.32 Å². The molecule has 2 bridgehead atoms. The molecule has 0 radical (unpaired) electrons. The topological polar surface area (TPSA) is 61.0 Å². The van der Waals surface area contributed by atoms with Crippen LogP contribution >= 0.6 is 0 Å². The summed E-state index contributed by atoms with van der Waals surface area (Å²) >= 11 is 0. The van der Waals surface area contributed by atoms with Gasteiger partial charge in [0.1, 0.15) is 0 Å². The molecular formula is C16H20N4O. The molecule has 5 nitrogen and oxygen atoms in total. The van der Waals surface area contributed by atoms with E-state index in [0.29, 0.717) is 11.6 Å². The van der Waals surface area contributed by atoms with Crippen LogP contribution in [0.3, 0.4) is 0 Å². The fourth-order valence-corrected chi connectivity index (χ4v) is 3.98. The average molecular weight is 284 g/mol. The maximum absolute atomic E-state index is 12.3. The van der Waals surface area contributed by atoms with Crippen molar-refractivity contribution in [3.05, 3.63) is 30.0 Å². The highest BCUT2D eigenvalue weighted by molar-refractivity contribution is 6.04. The first kappa shape index (κ1) is 12.8. The molecule has 2 heterocycles. The Morgan fingerprint density at radius 3 is 3.05 bits per heavy atom. The SMILES string of the molecule is CN1CC2CC1CC2CNC(=O)c1n[nH]c2ccccc12. The summed E-state index contributed by atoms with van der Waals surface area (Å²) in [5.41, 5.74) is 1.41. The Bertz CT molecular complexity index is 678. The van der Waals surface area contributed by atoms with Crippen LogP contribution in [0.4, 0.5) is 0 Å². The van der Waals surface area contributed by atoms with E-state index < -0.39 is 0 Å². The molecule has 1 saturated heterocycles. The molecule has 2 N–H and O–H groups in total. The van der Waals surface area contributed by atoms with E-state index in [-0.39, 0.29) is 5.91 Å². The molecule has 110 valence electrons. The quantitative estimate of drug-likeness (QED) is 0.900. The van der Waals surface area contributed by atoms with E-state index in [2.05, 4.69) is 27.5 Å². The third kappa shape index (κ3) is 2.12. The van der Waals surface area contributed by atoms with Gasteiger partial charge >= 0.3 is 0 Å². The maximum atomic E-state index is 12.3. The lowest BCUT2D eigenvalue weighted by molar-refractivity contribution is 0.0933. The van der Waals surface area contributed by atoms with Crippen molar-refractivity contribution < 1.29 is 4.79 Å². The fraction of sp³-hybridized carbons (Fsp3) is 0.500. The van der Waals surface area contributed by atoms with Gasteiger partial charge in [-0.25, -0.2) is 0 Å². The van der Waals surface area contributed by atoms with Crippen molar-refractivity contribution in [1.82, 2.24) is 20.4 Å². The molecule has 21 heavy (non-hydrogen) atoms. The molecule has 5 heteroatoms. The smallest absolute Gasteiger partial charge is 0.272 e. The van der Waals surface area contributed by atoms with Gasteiger partial charge in [0.05, 0.1) is 5.52 Å². The Kier molecular flexibility index (Phi) is 2.96. The van der Waals surface area contributed by atoms with E-state index in [9.17, 15) is 4.79 Å². The number of piperidine rings is 1. The van der Waals surface area contributed by atoms with Gasteiger partial charge in [0.15, 0.2) is 5.69 Å². The van der Waals surface area contributed by atoms with Gasteiger partial charge in [-0.3, -0.25) is 9.89 Å². The second-order valence-corrected chi connectivity index (χ2v) is 6.41. The molecule has 1 amide bonds. The van der Waals surface area contributed by atoms with Crippen LogP contribution in [-0.4, -0.2) is 47.2 Å². The van der Waals surface area contributed by atoms with Crippen molar-refractivity contribution in [2.24, 2.45) is 11.8 Å². The molecule has 1 aromatic carbocycles. The Balaban J connectivity index is 1.43. The third-order valence-corrected chi connectivity index (χ3v) is 5.17. The zero-order valence-corrected chi connectivity index (χ0v) is 12.2. The second kappa shape index (κ2) is 4.84. The van der Waals surface area contributed by atoms with Crippen LogP contribution in [0.15, 0.2) is 24.3 Å². The summed E-state index contributed by atoms with van der Waals surface area (Å²) < 4.78 is 0. The van der Waals surface area contributed by atoms with Crippen LogP contribution in [0, 0.1) is 11.8 Å². The lowest BCUT2D eigenvalue weighted by Crippen LogP contribution is -2.38. The number of fused-ring (bicyclic) bond motifs is 3. The molecular weight excluding hydrogens is 264 g/mol. The number of para-hydroxylation sites is 1. The first-order valence-electron chi connectivity index (χ1n) is 7.64. The molecule has 1 aromatic heterocycles. The Labute approximate surface area is 123 Å². The molecule has 0 spiro atoms. The molecule has 2 aliphatic rings. The lowest BCUT2D eigenvalue weighted by atomic mass is 9.94. The first-order chi connectivity index (χ1) is 10.2. The summed E-state index contributed by atoms with van der Waals surface area (Å²) in [6, 6.07) is 8.46. The number of amides is 1. The number of carbonyl (C=O) groups is 1. The van der Waals surface area contributed by atoms with Gasteiger partial charge in [-0.15, -0.1) is 0 Å². The van der Waals surface area contributed by atoms with E-state index in [1.165, 1.54) is 19.4 Å². The molecule has 4 rings (SSSR count). The fourth-order valence-electron chi connectivity index (χ4n) is 3.98. The summed E-state index contributed by atoms with van der Waals surface area (Å²) in [5.74, 6) is 1.31. The van der Waals surface area contributed by atoms with Gasteiger partial charge in [0, 0.05) is 24.5 Å². The summed E-state index contributed by atoms with van der Waals surface area (Å²) in [6.45, 7) is 1.95. The van der Waals surface area contributed by atoms with E-state index in [0.717, 1.165) is 29.4 Å². The van der Waals surface area contributed by atoms with E-state index >= 15 is 0 Å². The minimum absolute atomic E-state index is 0.0661. The Hall–Kier alpha value is -1.88. The monoisotopic (exact) mass is 284 g/mol. The second-order valence-electron chi connectivity index (χ2n) is 6.41. The molecule has 1 aliphatic heterocycles. The van der Waals surface area contributed by atoms with Crippen molar-refractivity contribution in [1.29, 1.82) is 0 Å².